The Hall–Kier alpha value is 0.282. The summed E-state index contributed by atoms with van der Waals surface area (Å²) in [5.74, 6) is 7.00. The molecule has 0 saturated heterocycles. The van der Waals surface area contributed by atoms with E-state index < -0.39 is 0 Å². The molecule has 0 nitrogen and oxygen atoms in total. The summed E-state index contributed by atoms with van der Waals surface area (Å²) in [5, 5.41) is 0. The maximum atomic E-state index is 2.90. The molecule has 0 aliphatic carbocycles. The molecule has 0 atom stereocenters. The molecule has 0 bridgehead atoms. The number of hydrogen-bond acceptors (Lipinski definition) is 0. The van der Waals surface area contributed by atoms with E-state index >= 15 is 0 Å². The predicted molar refractivity (Wildman–Crippen MR) is 55.2 cm³/mol. The monoisotopic (exact) mass is 276 g/mol. The molecule has 2 heteroatoms. The molecule has 2 radical (unpaired) electrons. The molecule has 1 aromatic carbocycles. The van der Waals surface area contributed by atoms with Crippen molar-refractivity contribution in [2.75, 3.05) is 0 Å². The van der Waals surface area contributed by atoms with Crippen molar-refractivity contribution in [3.63, 3.8) is 0 Å². The Bertz CT molecular complexity index is 169. The van der Waals surface area contributed by atoms with E-state index in [-0.39, 0.29) is 14.3 Å². The first-order valence-electron chi connectivity index (χ1n) is 3.61. The fourth-order valence-corrected chi connectivity index (χ4v) is 0.750. The zero-order valence-corrected chi connectivity index (χ0v) is 11.1. The molecule has 0 unspecified atom stereocenters. The Morgan fingerprint density at radius 2 is 1.36 bits per heavy atom. The van der Waals surface area contributed by atoms with Gasteiger partial charge in [-0.25, -0.2) is 0 Å². The van der Waals surface area contributed by atoms with Gasteiger partial charge in [-0.15, -0.1) is 0 Å². The quantitative estimate of drug-likeness (QED) is 0.633. The molecule has 0 amide bonds. The summed E-state index contributed by atoms with van der Waals surface area (Å²) in [6.45, 7) is 0. The molecule has 0 aromatic heterocycles. The number of rotatable bonds is 0. The summed E-state index contributed by atoms with van der Waals surface area (Å²) in [5.41, 5.74) is 0. The normalized spacial score (nSPS) is 8.73. The molecular weight excluding hydrogens is 260 g/mol. The molecule has 0 saturated carbocycles. The minimum absolute atomic E-state index is 0.333. The average molecular weight is 274 g/mol. The Labute approximate surface area is 82.3 Å². The van der Waals surface area contributed by atoms with Crippen molar-refractivity contribution in [3.8, 4) is 0 Å². The van der Waals surface area contributed by atoms with Crippen LogP contribution < -0.4 is 4.46 Å². The van der Waals surface area contributed by atoms with Gasteiger partial charge in [0, 0.05) is 0 Å². The second-order valence-electron chi connectivity index (χ2n) is 2.81. The van der Waals surface area contributed by atoms with Gasteiger partial charge < -0.3 is 0 Å². The van der Waals surface area contributed by atoms with Crippen LogP contribution in [0.5, 0.6) is 0 Å². The topological polar surface area (TPSA) is 0 Å². The van der Waals surface area contributed by atoms with E-state index in [2.05, 4.69) is 33.3 Å². The molecule has 11 heavy (non-hydrogen) atoms. The van der Waals surface area contributed by atoms with Gasteiger partial charge in [-0.2, -0.15) is 0 Å². The van der Waals surface area contributed by atoms with Gasteiger partial charge in [-0.05, 0) is 0 Å². The van der Waals surface area contributed by atoms with Gasteiger partial charge in [0.15, 0.2) is 0 Å². The van der Waals surface area contributed by atoms with E-state index in [4.69, 9.17) is 0 Å². The van der Waals surface area contributed by atoms with Gasteiger partial charge in [0.2, 0.25) is 0 Å². The third-order valence-corrected chi connectivity index (χ3v) is 1.31. The van der Waals surface area contributed by atoms with Crippen LogP contribution in [-0.4, -0.2) is 30.4 Å². The number of benzene rings is 1. The van der Waals surface area contributed by atoms with E-state index in [1.165, 1.54) is 4.46 Å². The van der Waals surface area contributed by atoms with Crippen LogP contribution in [0.2, 0.25) is 17.3 Å². The molecule has 0 aliphatic rings. The zero-order valence-electron chi connectivity index (χ0n) is 7.29. The summed E-state index contributed by atoms with van der Waals surface area (Å²) in [7, 11) is 0. The Balaban J connectivity index is 0.000000218. The van der Waals surface area contributed by atoms with Gasteiger partial charge in [0.05, 0.1) is 0 Å². The minimum atomic E-state index is -0.333. The first-order chi connectivity index (χ1) is 5.13. The van der Waals surface area contributed by atoms with E-state index in [0.717, 1.165) is 0 Å². The van der Waals surface area contributed by atoms with Crippen LogP contribution in [-0.2, 0) is 0 Å². The van der Waals surface area contributed by atoms with Gasteiger partial charge in [0.25, 0.3) is 0 Å². The van der Waals surface area contributed by atoms with Crippen molar-refractivity contribution in [3.05, 3.63) is 30.3 Å². The maximum absolute atomic E-state index is 2.90. The van der Waals surface area contributed by atoms with Crippen molar-refractivity contribution in [1.82, 2.24) is 0 Å². The van der Waals surface area contributed by atoms with Crippen molar-refractivity contribution in [2.24, 2.45) is 0 Å². The molecule has 0 aliphatic heterocycles. The summed E-state index contributed by atoms with van der Waals surface area (Å²) >= 11 is 2.57. The van der Waals surface area contributed by atoms with Crippen LogP contribution in [0, 0.1) is 0 Å². The van der Waals surface area contributed by atoms with Crippen LogP contribution in [0.4, 0.5) is 0 Å². The third kappa shape index (κ3) is 10.3. The number of hydrogen-bond donors (Lipinski definition) is 0. The van der Waals surface area contributed by atoms with Crippen LogP contribution in [0.15, 0.2) is 30.3 Å². The average Bonchev–Trinajstić information content (AvgIpc) is 1.87. The Morgan fingerprint density at radius 3 is 1.55 bits per heavy atom. The van der Waals surface area contributed by atoms with Gasteiger partial charge in [0.1, 0.15) is 0 Å². The second kappa shape index (κ2) is 6.96. The molecule has 1 aromatic rings. The van der Waals surface area contributed by atoms with Crippen molar-refractivity contribution in [2.45, 2.75) is 17.3 Å². The molecule has 1 rings (SSSR count). The fourth-order valence-electron chi connectivity index (χ4n) is 0.420. The summed E-state index contributed by atoms with van der Waals surface area (Å²) in [6.07, 6.45) is 0. The third-order valence-electron chi connectivity index (χ3n) is 0.743. The van der Waals surface area contributed by atoms with E-state index in [0.29, 0.717) is 0 Å². The van der Waals surface area contributed by atoms with Gasteiger partial charge in [-0.3, -0.25) is 0 Å². The molecule has 0 N–H and O–H groups in total. The fraction of sp³-hybridized carbons (Fsp3) is 0.333. The Kier molecular flexibility index (Phi) is 7.14. The molecule has 0 spiro atoms. The molecule has 60 valence electrons. The van der Waals surface area contributed by atoms with Gasteiger partial charge in [-0.1, -0.05) is 0 Å². The van der Waals surface area contributed by atoms with E-state index in [1.54, 1.807) is 0 Å². The van der Waals surface area contributed by atoms with E-state index in [1.807, 2.05) is 30.3 Å². The van der Waals surface area contributed by atoms with Crippen LogP contribution in [0.3, 0.4) is 0 Å². The second-order valence-corrected chi connectivity index (χ2v) is 10.1. The van der Waals surface area contributed by atoms with Gasteiger partial charge >= 0.3 is 82.4 Å². The van der Waals surface area contributed by atoms with Crippen molar-refractivity contribution in [1.29, 1.82) is 0 Å². The predicted octanol–water partition coefficient (Wildman–Crippen LogP) is 1.85. The summed E-state index contributed by atoms with van der Waals surface area (Å²) < 4.78 is 1.20. The van der Waals surface area contributed by atoms with Crippen molar-refractivity contribution < 1.29 is 0 Å². The summed E-state index contributed by atoms with van der Waals surface area (Å²) in [4.78, 5) is 0. The zero-order chi connectivity index (χ0) is 8.69. The first kappa shape index (κ1) is 11.3. The molecular formula is C9H14GeSe. The van der Waals surface area contributed by atoms with E-state index in [9.17, 15) is 0 Å². The molecule has 0 heterocycles. The first-order valence-corrected chi connectivity index (χ1v) is 10.8. The van der Waals surface area contributed by atoms with Crippen LogP contribution in [0.1, 0.15) is 0 Å². The summed E-state index contributed by atoms with van der Waals surface area (Å²) in [6, 6.07) is 10.1. The van der Waals surface area contributed by atoms with Crippen LogP contribution in [0.25, 0.3) is 0 Å². The molecule has 0 fully saturated rings. The Morgan fingerprint density at radius 1 is 1.00 bits per heavy atom. The SMILES string of the molecule is [CH3][Ge]([CH3])[CH3].[Se]c1ccccc1. The standard InChI is InChI=1S/C6H5Se.C3H9Ge/c7-6-4-2-1-3-5-6;1-4(2)3/h1-5H;1-3H3. The van der Waals surface area contributed by atoms with Crippen LogP contribution >= 0.6 is 0 Å². The van der Waals surface area contributed by atoms with Crippen molar-refractivity contribution >= 4 is 34.8 Å².